The van der Waals surface area contributed by atoms with Crippen LogP contribution in [0.3, 0.4) is 0 Å². The number of amides is 2. The van der Waals surface area contributed by atoms with E-state index < -0.39 is 0 Å². The molecule has 0 unspecified atom stereocenters. The van der Waals surface area contributed by atoms with Crippen molar-refractivity contribution in [1.29, 1.82) is 0 Å². The molecule has 2 N–H and O–H groups in total. The van der Waals surface area contributed by atoms with Gasteiger partial charge in [0, 0.05) is 18.0 Å². The van der Waals surface area contributed by atoms with Gasteiger partial charge in [-0.1, -0.05) is 17.7 Å². The number of ether oxygens (including phenoxy) is 2. The second kappa shape index (κ2) is 10.0. The third kappa shape index (κ3) is 5.15. The number of hydrogen-bond donors (Lipinski definition) is 2. The molecular formula is C25H32N2O4S. The van der Waals surface area contributed by atoms with Gasteiger partial charge in [-0.15, -0.1) is 11.3 Å². The first-order valence-electron chi connectivity index (χ1n) is 11.5. The molecule has 1 fully saturated rings. The summed E-state index contributed by atoms with van der Waals surface area (Å²) in [5.74, 6) is 0.364. The van der Waals surface area contributed by atoms with Gasteiger partial charge in [-0.3, -0.25) is 9.59 Å². The van der Waals surface area contributed by atoms with Crippen LogP contribution in [0.4, 0.5) is 5.00 Å². The Morgan fingerprint density at radius 3 is 2.59 bits per heavy atom. The van der Waals surface area contributed by atoms with Gasteiger partial charge in [-0.25, -0.2) is 0 Å². The van der Waals surface area contributed by atoms with Crippen LogP contribution in [0.5, 0.6) is 5.75 Å². The number of carbonyl (C=O) groups is 2. The van der Waals surface area contributed by atoms with Crippen molar-refractivity contribution in [2.24, 2.45) is 0 Å². The third-order valence-electron chi connectivity index (χ3n) is 6.12. The highest BCUT2D eigenvalue weighted by Crippen LogP contribution is 2.38. The van der Waals surface area contributed by atoms with Crippen LogP contribution < -0.4 is 15.4 Å². The first-order chi connectivity index (χ1) is 15.4. The van der Waals surface area contributed by atoms with E-state index in [1.54, 1.807) is 0 Å². The number of benzene rings is 1. The van der Waals surface area contributed by atoms with Crippen LogP contribution in [-0.2, 0) is 22.4 Å². The van der Waals surface area contributed by atoms with Crippen molar-refractivity contribution in [3.05, 3.63) is 44.8 Å². The fourth-order valence-corrected chi connectivity index (χ4v) is 5.99. The number of nitrogens with one attached hydrogen (secondary N) is 2. The van der Waals surface area contributed by atoms with Gasteiger partial charge < -0.3 is 20.1 Å². The smallest absolute Gasteiger partial charge is 0.262 e. The van der Waals surface area contributed by atoms with Gasteiger partial charge in [-0.05, 0) is 76.0 Å². The maximum Gasteiger partial charge on any atom is 0.262 e. The molecule has 1 aromatic carbocycles. The summed E-state index contributed by atoms with van der Waals surface area (Å²) >= 11 is 1.53. The zero-order valence-corrected chi connectivity index (χ0v) is 20.0. The number of fused-ring (bicyclic) bond motifs is 1. The SMILES string of the molecule is Cc1cc(C)c(OCC(=O)Nc2sc3c(c2C(=O)NC[C@H]2CCCO2)CCCC3)c(C)c1. The lowest BCUT2D eigenvalue weighted by Gasteiger charge is -2.15. The predicted molar refractivity (Wildman–Crippen MR) is 127 cm³/mol. The highest BCUT2D eigenvalue weighted by atomic mass is 32.1. The Kier molecular flexibility index (Phi) is 7.16. The first kappa shape index (κ1) is 22.8. The molecule has 2 aliphatic rings. The van der Waals surface area contributed by atoms with E-state index in [0.29, 0.717) is 17.1 Å². The molecule has 0 spiro atoms. The third-order valence-corrected chi connectivity index (χ3v) is 7.33. The minimum absolute atomic E-state index is 0.0841. The van der Waals surface area contributed by atoms with Crippen molar-refractivity contribution in [3.63, 3.8) is 0 Å². The number of anilines is 1. The highest BCUT2D eigenvalue weighted by Gasteiger charge is 2.27. The predicted octanol–water partition coefficient (Wildman–Crippen LogP) is 4.48. The number of thiophene rings is 1. The molecule has 2 heterocycles. The lowest BCUT2D eigenvalue weighted by Crippen LogP contribution is -2.33. The second-order valence-electron chi connectivity index (χ2n) is 8.82. The summed E-state index contributed by atoms with van der Waals surface area (Å²) in [6.07, 6.45) is 6.12. The van der Waals surface area contributed by atoms with Gasteiger partial charge in [0.05, 0.1) is 11.7 Å². The standard InChI is InChI=1S/C25H32N2O4S/c1-15-11-16(2)23(17(3)12-15)31-14-21(28)27-25-22(19-8-4-5-9-20(19)32-25)24(29)26-13-18-7-6-10-30-18/h11-12,18H,4-10,13-14H2,1-3H3,(H,26,29)(H,27,28)/t18-/m1/s1. The largest absolute Gasteiger partial charge is 0.483 e. The van der Waals surface area contributed by atoms with E-state index in [9.17, 15) is 9.59 Å². The minimum Gasteiger partial charge on any atom is -0.483 e. The van der Waals surface area contributed by atoms with Crippen molar-refractivity contribution in [2.75, 3.05) is 25.1 Å². The molecule has 2 aromatic rings. The van der Waals surface area contributed by atoms with Crippen molar-refractivity contribution in [3.8, 4) is 5.75 Å². The van der Waals surface area contributed by atoms with Crippen LogP contribution in [0.15, 0.2) is 12.1 Å². The van der Waals surface area contributed by atoms with E-state index in [1.165, 1.54) is 21.8 Å². The molecule has 0 saturated carbocycles. The summed E-state index contributed by atoms with van der Waals surface area (Å²) in [7, 11) is 0. The van der Waals surface area contributed by atoms with E-state index >= 15 is 0 Å². The molecule has 172 valence electrons. The van der Waals surface area contributed by atoms with Crippen LogP contribution in [0, 0.1) is 20.8 Å². The summed E-state index contributed by atoms with van der Waals surface area (Å²) in [4.78, 5) is 27.1. The summed E-state index contributed by atoms with van der Waals surface area (Å²) in [6, 6.07) is 4.09. The van der Waals surface area contributed by atoms with E-state index in [2.05, 4.69) is 10.6 Å². The minimum atomic E-state index is -0.254. The van der Waals surface area contributed by atoms with Gasteiger partial charge in [0.25, 0.3) is 11.8 Å². The number of carbonyl (C=O) groups excluding carboxylic acids is 2. The molecule has 0 bridgehead atoms. The average molecular weight is 457 g/mol. The molecule has 4 rings (SSSR count). The molecule has 2 amide bonds. The van der Waals surface area contributed by atoms with Crippen LogP contribution in [-0.4, -0.2) is 37.7 Å². The Balaban J connectivity index is 1.46. The topological polar surface area (TPSA) is 76.7 Å². The summed E-state index contributed by atoms with van der Waals surface area (Å²) in [5, 5.41) is 6.62. The molecule has 1 aliphatic heterocycles. The molecular weight excluding hydrogens is 424 g/mol. The molecule has 7 heteroatoms. The van der Waals surface area contributed by atoms with Gasteiger partial charge in [0.1, 0.15) is 10.8 Å². The number of aryl methyl sites for hydroxylation is 4. The lowest BCUT2D eigenvalue weighted by molar-refractivity contribution is -0.118. The van der Waals surface area contributed by atoms with Gasteiger partial charge in [-0.2, -0.15) is 0 Å². The Bertz CT molecular complexity index is 985. The van der Waals surface area contributed by atoms with Crippen LogP contribution in [0.1, 0.15) is 63.2 Å². The summed E-state index contributed by atoms with van der Waals surface area (Å²) < 4.78 is 11.5. The molecule has 0 radical (unpaired) electrons. The van der Waals surface area contributed by atoms with Gasteiger partial charge in [0.15, 0.2) is 6.61 Å². The van der Waals surface area contributed by atoms with E-state index in [-0.39, 0.29) is 24.5 Å². The Hall–Kier alpha value is -2.38. The van der Waals surface area contributed by atoms with Gasteiger partial charge >= 0.3 is 0 Å². The van der Waals surface area contributed by atoms with E-state index in [1.807, 2.05) is 32.9 Å². The molecule has 1 aliphatic carbocycles. The van der Waals surface area contributed by atoms with Crippen molar-refractivity contribution >= 4 is 28.2 Å². The van der Waals surface area contributed by atoms with E-state index in [0.717, 1.165) is 67.6 Å². The normalized spacial score (nSPS) is 17.7. The Morgan fingerprint density at radius 1 is 1.12 bits per heavy atom. The van der Waals surface area contributed by atoms with E-state index in [4.69, 9.17) is 9.47 Å². The van der Waals surface area contributed by atoms with Crippen LogP contribution in [0.25, 0.3) is 0 Å². The van der Waals surface area contributed by atoms with Gasteiger partial charge in [0.2, 0.25) is 0 Å². The zero-order chi connectivity index (χ0) is 22.7. The molecule has 1 saturated heterocycles. The monoisotopic (exact) mass is 456 g/mol. The Labute approximate surface area is 193 Å². The molecule has 6 nitrogen and oxygen atoms in total. The van der Waals surface area contributed by atoms with Crippen molar-refractivity contribution < 1.29 is 19.1 Å². The highest BCUT2D eigenvalue weighted by molar-refractivity contribution is 7.17. The number of rotatable bonds is 7. The Morgan fingerprint density at radius 2 is 1.88 bits per heavy atom. The van der Waals surface area contributed by atoms with Crippen LogP contribution in [0.2, 0.25) is 0 Å². The maximum atomic E-state index is 13.1. The average Bonchev–Trinajstić information content (AvgIpc) is 3.38. The molecule has 1 atom stereocenters. The molecule has 1 aromatic heterocycles. The van der Waals surface area contributed by atoms with Crippen LogP contribution >= 0.6 is 11.3 Å². The summed E-state index contributed by atoms with van der Waals surface area (Å²) in [5.41, 5.74) is 4.90. The fourth-order valence-electron chi connectivity index (χ4n) is 4.69. The maximum absolute atomic E-state index is 13.1. The lowest BCUT2D eigenvalue weighted by atomic mass is 9.95. The van der Waals surface area contributed by atoms with Crippen molar-refractivity contribution in [1.82, 2.24) is 5.32 Å². The second-order valence-corrected chi connectivity index (χ2v) is 9.93. The molecule has 32 heavy (non-hydrogen) atoms. The van der Waals surface area contributed by atoms with Crippen molar-refractivity contribution in [2.45, 2.75) is 65.4 Å². The number of hydrogen-bond acceptors (Lipinski definition) is 5. The first-order valence-corrected chi connectivity index (χ1v) is 12.3. The zero-order valence-electron chi connectivity index (χ0n) is 19.1. The quantitative estimate of drug-likeness (QED) is 0.644. The fraction of sp³-hybridized carbons (Fsp3) is 0.520. The summed E-state index contributed by atoms with van der Waals surface area (Å²) in [6.45, 7) is 7.18.